The van der Waals surface area contributed by atoms with Crippen LogP contribution in [0.5, 0.6) is 0 Å². The molecule has 0 aromatic heterocycles. The lowest BCUT2D eigenvalue weighted by atomic mass is 10.1. The number of nitrogens with zero attached hydrogens (tertiary/aromatic N) is 1. The molecule has 0 heterocycles. The van der Waals surface area contributed by atoms with E-state index in [2.05, 4.69) is 10.3 Å². The molecular weight excluding hydrogens is 356 g/mol. The Bertz CT molecular complexity index is 439. The van der Waals surface area contributed by atoms with Crippen molar-refractivity contribution in [3.63, 3.8) is 0 Å². The minimum absolute atomic E-state index is 0. The van der Waals surface area contributed by atoms with Crippen LogP contribution in [0.15, 0.2) is 23.2 Å². The average Bonchev–Trinajstić information content (AvgIpc) is 2.18. The molecule has 0 fully saturated rings. The number of aliphatic imine (C=N–C) groups is 1. The van der Waals surface area contributed by atoms with Crippen LogP contribution in [0.4, 0.5) is 4.39 Å². The topological polar surface area (TPSA) is 50.4 Å². The third-order valence-electron chi connectivity index (χ3n) is 2.47. The zero-order valence-electron chi connectivity index (χ0n) is 12.0. The summed E-state index contributed by atoms with van der Waals surface area (Å²) in [4.78, 5) is 4.26. The molecule has 0 spiro atoms. The van der Waals surface area contributed by atoms with Crippen LogP contribution in [0, 0.1) is 12.7 Å². The highest BCUT2D eigenvalue weighted by Crippen LogP contribution is 2.10. The predicted octanol–water partition coefficient (Wildman–Crippen LogP) is 3.00. The van der Waals surface area contributed by atoms with E-state index >= 15 is 0 Å². The molecule has 0 aliphatic carbocycles. The molecule has 19 heavy (non-hydrogen) atoms. The van der Waals surface area contributed by atoms with Gasteiger partial charge in [-0.25, -0.2) is 4.39 Å². The first-order valence-corrected chi connectivity index (χ1v) is 6.11. The van der Waals surface area contributed by atoms with E-state index in [1.54, 1.807) is 6.07 Å². The Kier molecular flexibility index (Phi) is 7.33. The van der Waals surface area contributed by atoms with E-state index in [-0.39, 0.29) is 35.3 Å². The lowest BCUT2D eigenvalue weighted by Gasteiger charge is -2.21. The van der Waals surface area contributed by atoms with E-state index in [4.69, 9.17) is 5.73 Å². The summed E-state index contributed by atoms with van der Waals surface area (Å²) in [5.74, 6) is 0.246. The first-order valence-electron chi connectivity index (χ1n) is 6.11. The summed E-state index contributed by atoms with van der Waals surface area (Å²) in [6.45, 7) is 8.58. The summed E-state index contributed by atoms with van der Waals surface area (Å²) in [6, 6.07) is 4.81. The number of nitrogens with two attached hydrogens (primary N) is 1. The van der Waals surface area contributed by atoms with Crippen LogP contribution in [-0.2, 0) is 6.42 Å². The molecule has 3 nitrogen and oxygen atoms in total. The highest BCUT2D eigenvalue weighted by Gasteiger charge is 2.09. The van der Waals surface area contributed by atoms with Gasteiger partial charge in [0, 0.05) is 12.1 Å². The molecule has 0 saturated heterocycles. The van der Waals surface area contributed by atoms with Gasteiger partial charge in [0.25, 0.3) is 0 Å². The molecule has 0 saturated carbocycles. The van der Waals surface area contributed by atoms with Crippen molar-refractivity contribution in [2.75, 3.05) is 6.54 Å². The van der Waals surface area contributed by atoms with Crippen molar-refractivity contribution in [3.05, 3.63) is 35.1 Å². The van der Waals surface area contributed by atoms with Crippen LogP contribution in [0.2, 0.25) is 0 Å². The van der Waals surface area contributed by atoms with E-state index in [0.717, 1.165) is 17.5 Å². The van der Waals surface area contributed by atoms with Crippen LogP contribution in [0.1, 0.15) is 31.9 Å². The summed E-state index contributed by atoms with van der Waals surface area (Å²) in [5, 5.41) is 3.10. The Hall–Kier alpha value is -0.850. The predicted molar refractivity (Wildman–Crippen MR) is 89.6 cm³/mol. The molecule has 108 valence electrons. The van der Waals surface area contributed by atoms with E-state index in [0.29, 0.717) is 12.5 Å². The summed E-state index contributed by atoms with van der Waals surface area (Å²) >= 11 is 0. The molecule has 0 atom stereocenters. The number of hydrogen-bond donors (Lipinski definition) is 2. The van der Waals surface area contributed by atoms with Gasteiger partial charge < -0.3 is 11.1 Å². The normalized spacial score (nSPS) is 11.9. The van der Waals surface area contributed by atoms with Crippen molar-refractivity contribution in [1.29, 1.82) is 0 Å². The molecule has 0 radical (unpaired) electrons. The van der Waals surface area contributed by atoms with Crippen LogP contribution in [0.25, 0.3) is 0 Å². The van der Waals surface area contributed by atoms with Gasteiger partial charge in [0.1, 0.15) is 5.82 Å². The zero-order chi connectivity index (χ0) is 13.8. The standard InChI is InChI=1S/C14H22FN3.HI/c1-10-9-12(15)6-5-11(10)7-8-17-13(16)18-14(2,3)4;/h5-6,9H,7-8H2,1-4H3,(H3,16,17,18);1H. The Morgan fingerprint density at radius 2 is 2.00 bits per heavy atom. The fourth-order valence-electron chi connectivity index (χ4n) is 1.66. The van der Waals surface area contributed by atoms with Gasteiger partial charge in [-0.15, -0.1) is 24.0 Å². The fraction of sp³-hybridized carbons (Fsp3) is 0.500. The highest BCUT2D eigenvalue weighted by atomic mass is 127. The second-order valence-electron chi connectivity index (χ2n) is 5.46. The molecule has 1 rings (SSSR count). The first-order chi connectivity index (χ1) is 8.28. The summed E-state index contributed by atoms with van der Waals surface area (Å²) < 4.78 is 12.9. The van der Waals surface area contributed by atoms with Crippen molar-refractivity contribution < 1.29 is 4.39 Å². The average molecular weight is 379 g/mol. The van der Waals surface area contributed by atoms with E-state index < -0.39 is 0 Å². The molecule has 1 aromatic carbocycles. The van der Waals surface area contributed by atoms with Gasteiger partial charge in [-0.3, -0.25) is 4.99 Å². The lowest BCUT2D eigenvalue weighted by Crippen LogP contribution is -2.45. The lowest BCUT2D eigenvalue weighted by molar-refractivity contribution is 0.508. The van der Waals surface area contributed by atoms with Crippen LogP contribution < -0.4 is 11.1 Å². The van der Waals surface area contributed by atoms with Gasteiger partial charge in [-0.1, -0.05) is 6.07 Å². The van der Waals surface area contributed by atoms with E-state index in [1.165, 1.54) is 12.1 Å². The minimum atomic E-state index is -0.200. The van der Waals surface area contributed by atoms with E-state index in [1.807, 2.05) is 27.7 Å². The van der Waals surface area contributed by atoms with E-state index in [9.17, 15) is 4.39 Å². The number of guanidine groups is 1. The Morgan fingerprint density at radius 1 is 1.37 bits per heavy atom. The second kappa shape index (κ2) is 7.67. The second-order valence-corrected chi connectivity index (χ2v) is 5.46. The monoisotopic (exact) mass is 379 g/mol. The Morgan fingerprint density at radius 3 is 2.53 bits per heavy atom. The van der Waals surface area contributed by atoms with Gasteiger partial charge in [0.15, 0.2) is 5.96 Å². The number of rotatable bonds is 3. The minimum Gasteiger partial charge on any atom is -0.370 e. The summed E-state index contributed by atoms with van der Waals surface area (Å²) in [7, 11) is 0. The van der Waals surface area contributed by atoms with Gasteiger partial charge >= 0.3 is 0 Å². The molecular formula is C14H23FIN3. The third-order valence-corrected chi connectivity index (χ3v) is 2.47. The van der Waals surface area contributed by atoms with Gasteiger partial charge in [0.05, 0.1) is 0 Å². The van der Waals surface area contributed by atoms with Crippen LogP contribution in [-0.4, -0.2) is 18.0 Å². The van der Waals surface area contributed by atoms with Gasteiger partial charge in [0.2, 0.25) is 0 Å². The fourth-order valence-corrected chi connectivity index (χ4v) is 1.66. The molecule has 3 N–H and O–H groups in total. The molecule has 5 heteroatoms. The first kappa shape index (κ1) is 18.1. The quantitative estimate of drug-likeness (QED) is 0.482. The molecule has 0 aliphatic rings. The smallest absolute Gasteiger partial charge is 0.188 e. The van der Waals surface area contributed by atoms with Crippen molar-refractivity contribution in [2.45, 2.75) is 39.7 Å². The molecule has 0 amide bonds. The van der Waals surface area contributed by atoms with Crippen molar-refractivity contribution in [3.8, 4) is 0 Å². The van der Waals surface area contributed by atoms with Crippen LogP contribution in [0.3, 0.4) is 0 Å². The summed E-state index contributed by atoms with van der Waals surface area (Å²) in [5.41, 5.74) is 7.73. The molecule has 1 aromatic rings. The van der Waals surface area contributed by atoms with Crippen LogP contribution >= 0.6 is 24.0 Å². The van der Waals surface area contributed by atoms with Crippen molar-refractivity contribution >= 4 is 29.9 Å². The number of halogens is 2. The van der Waals surface area contributed by atoms with Gasteiger partial charge in [-0.2, -0.15) is 0 Å². The Balaban J connectivity index is 0.00000324. The van der Waals surface area contributed by atoms with Crippen molar-refractivity contribution in [1.82, 2.24) is 5.32 Å². The Labute approximate surface area is 131 Å². The molecule has 0 bridgehead atoms. The zero-order valence-corrected chi connectivity index (χ0v) is 14.3. The maximum Gasteiger partial charge on any atom is 0.188 e. The van der Waals surface area contributed by atoms with Gasteiger partial charge in [-0.05, 0) is 57.4 Å². The number of benzene rings is 1. The maximum atomic E-state index is 12.9. The molecule has 0 unspecified atom stereocenters. The maximum absolute atomic E-state index is 12.9. The number of aryl methyl sites for hydroxylation is 1. The van der Waals surface area contributed by atoms with Crippen molar-refractivity contribution in [2.24, 2.45) is 10.7 Å². The largest absolute Gasteiger partial charge is 0.370 e. The molecule has 0 aliphatic heterocycles. The SMILES string of the molecule is Cc1cc(F)ccc1CCN=C(N)NC(C)(C)C.I. The third kappa shape index (κ3) is 7.34. The highest BCUT2D eigenvalue weighted by molar-refractivity contribution is 14.0. The number of nitrogens with one attached hydrogen (secondary N) is 1. The summed E-state index contributed by atoms with van der Waals surface area (Å²) in [6.07, 6.45) is 0.763. The number of hydrogen-bond acceptors (Lipinski definition) is 1.